The van der Waals surface area contributed by atoms with E-state index in [9.17, 15) is 0 Å². The van der Waals surface area contributed by atoms with Gasteiger partial charge in [0.25, 0.3) is 0 Å². The van der Waals surface area contributed by atoms with Crippen LogP contribution in [0.3, 0.4) is 0 Å². The van der Waals surface area contributed by atoms with Crippen molar-refractivity contribution in [1.29, 1.82) is 0 Å². The Morgan fingerprint density at radius 2 is 2.13 bits per heavy atom. The topological polar surface area (TPSA) is 34.0 Å². The molecular formula is C19H28N4. The van der Waals surface area contributed by atoms with E-state index < -0.39 is 0 Å². The Balaban J connectivity index is 1.66. The maximum Gasteiger partial charge on any atom is 0.0883 e. The molecule has 0 spiro atoms. The molecule has 124 valence electrons. The van der Waals surface area contributed by atoms with Crippen molar-refractivity contribution in [2.45, 2.75) is 52.6 Å². The molecule has 1 saturated heterocycles. The Kier molecular flexibility index (Phi) is 5.11. The SMILES string of the molecule is CCn1nccc1-c1ccc(C[C@@H]2CCCN(C(C)C)C2)cn1. The van der Waals surface area contributed by atoms with E-state index in [1.807, 2.05) is 16.9 Å². The van der Waals surface area contributed by atoms with Crippen molar-refractivity contribution in [3.8, 4) is 11.4 Å². The highest BCUT2D eigenvalue weighted by atomic mass is 15.3. The second kappa shape index (κ2) is 7.26. The summed E-state index contributed by atoms with van der Waals surface area (Å²) in [6.07, 6.45) is 7.70. The van der Waals surface area contributed by atoms with E-state index in [1.165, 1.54) is 31.5 Å². The summed E-state index contributed by atoms with van der Waals surface area (Å²) in [6, 6.07) is 7.07. The molecular weight excluding hydrogens is 284 g/mol. The molecule has 0 aromatic carbocycles. The molecule has 3 heterocycles. The standard InChI is InChI=1S/C19H28N4/c1-4-23-19(9-10-21-23)18-8-7-16(13-20-18)12-17-6-5-11-22(14-17)15(2)3/h7-10,13,15,17H,4-6,11-12,14H2,1-3H3/t17-/m0/s1. The lowest BCUT2D eigenvalue weighted by Crippen LogP contribution is -2.40. The summed E-state index contributed by atoms with van der Waals surface area (Å²) in [5.41, 5.74) is 3.47. The normalized spacial score (nSPS) is 19.4. The molecule has 0 bridgehead atoms. The predicted molar refractivity (Wildman–Crippen MR) is 94.3 cm³/mol. The van der Waals surface area contributed by atoms with Gasteiger partial charge in [0.1, 0.15) is 0 Å². The van der Waals surface area contributed by atoms with Gasteiger partial charge in [-0.1, -0.05) is 6.07 Å². The van der Waals surface area contributed by atoms with Crippen LogP contribution in [0.1, 0.15) is 39.2 Å². The van der Waals surface area contributed by atoms with E-state index in [0.29, 0.717) is 6.04 Å². The summed E-state index contributed by atoms with van der Waals surface area (Å²) < 4.78 is 1.99. The van der Waals surface area contributed by atoms with Crippen molar-refractivity contribution in [1.82, 2.24) is 19.7 Å². The fraction of sp³-hybridized carbons (Fsp3) is 0.579. The van der Waals surface area contributed by atoms with Gasteiger partial charge >= 0.3 is 0 Å². The zero-order valence-corrected chi connectivity index (χ0v) is 14.6. The van der Waals surface area contributed by atoms with Crippen LogP contribution in [0.25, 0.3) is 11.4 Å². The minimum Gasteiger partial charge on any atom is -0.301 e. The summed E-state index contributed by atoms with van der Waals surface area (Å²) in [7, 11) is 0. The molecule has 0 saturated carbocycles. The van der Waals surface area contributed by atoms with Crippen molar-refractivity contribution < 1.29 is 0 Å². The number of aryl methyl sites for hydroxylation is 1. The summed E-state index contributed by atoms with van der Waals surface area (Å²) in [5.74, 6) is 0.764. The number of nitrogens with zero attached hydrogens (tertiary/aromatic N) is 4. The van der Waals surface area contributed by atoms with Crippen molar-refractivity contribution in [3.05, 3.63) is 36.2 Å². The minimum absolute atomic E-state index is 0.660. The largest absolute Gasteiger partial charge is 0.301 e. The first-order chi connectivity index (χ1) is 11.2. The quantitative estimate of drug-likeness (QED) is 0.845. The van der Waals surface area contributed by atoms with Crippen LogP contribution in [0, 0.1) is 5.92 Å². The van der Waals surface area contributed by atoms with Gasteiger partial charge in [-0.15, -0.1) is 0 Å². The van der Waals surface area contributed by atoms with Crippen LogP contribution in [0.4, 0.5) is 0 Å². The Morgan fingerprint density at radius 3 is 2.83 bits per heavy atom. The van der Waals surface area contributed by atoms with Crippen molar-refractivity contribution in [2.24, 2.45) is 5.92 Å². The predicted octanol–water partition coefficient (Wildman–Crippen LogP) is 3.63. The number of hydrogen-bond acceptors (Lipinski definition) is 3. The molecule has 2 aromatic heterocycles. The van der Waals surface area contributed by atoms with E-state index in [0.717, 1.165) is 30.3 Å². The Hall–Kier alpha value is -1.68. The number of hydrogen-bond donors (Lipinski definition) is 0. The Morgan fingerprint density at radius 1 is 1.26 bits per heavy atom. The molecule has 1 fully saturated rings. The maximum absolute atomic E-state index is 4.67. The monoisotopic (exact) mass is 312 g/mol. The lowest BCUT2D eigenvalue weighted by Gasteiger charge is -2.35. The number of piperidine rings is 1. The van der Waals surface area contributed by atoms with E-state index in [1.54, 1.807) is 0 Å². The smallest absolute Gasteiger partial charge is 0.0883 e. The third-order valence-electron chi connectivity index (χ3n) is 4.91. The second-order valence-corrected chi connectivity index (χ2v) is 6.88. The molecule has 1 atom stereocenters. The molecule has 1 aliphatic rings. The third kappa shape index (κ3) is 3.81. The highest BCUT2D eigenvalue weighted by Gasteiger charge is 2.21. The molecule has 4 heteroatoms. The van der Waals surface area contributed by atoms with Crippen molar-refractivity contribution >= 4 is 0 Å². The number of rotatable bonds is 5. The van der Waals surface area contributed by atoms with Crippen LogP contribution in [-0.2, 0) is 13.0 Å². The molecule has 3 rings (SSSR count). The number of aromatic nitrogens is 3. The molecule has 1 aliphatic heterocycles. The average molecular weight is 312 g/mol. The fourth-order valence-corrected chi connectivity index (χ4v) is 3.57. The van der Waals surface area contributed by atoms with Gasteiger partial charge < -0.3 is 4.90 Å². The number of pyridine rings is 1. The van der Waals surface area contributed by atoms with Gasteiger partial charge in [-0.25, -0.2) is 0 Å². The molecule has 23 heavy (non-hydrogen) atoms. The van der Waals surface area contributed by atoms with Crippen LogP contribution in [0.15, 0.2) is 30.6 Å². The van der Waals surface area contributed by atoms with Gasteiger partial charge in [-0.3, -0.25) is 9.67 Å². The van der Waals surface area contributed by atoms with Gasteiger partial charge in [0.05, 0.1) is 11.4 Å². The average Bonchev–Trinajstić information content (AvgIpc) is 3.04. The molecule has 2 aromatic rings. The van der Waals surface area contributed by atoms with Gasteiger partial charge in [-0.2, -0.15) is 5.10 Å². The highest BCUT2D eigenvalue weighted by molar-refractivity contribution is 5.54. The van der Waals surface area contributed by atoms with Crippen molar-refractivity contribution in [2.75, 3.05) is 13.1 Å². The lowest BCUT2D eigenvalue weighted by molar-refractivity contribution is 0.139. The molecule has 4 nitrogen and oxygen atoms in total. The van der Waals surface area contributed by atoms with Gasteiger partial charge in [0.2, 0.25) is 0 Å². The van der Waals surface area contributed by atoms with Gasteiger partial charge in [-0.05, 0) is 70.2 Å². The fourth-order valence-electron chi connectivity index (χ4n) is 3.57. The van der Waals surface area contributed by atoms with Gasteiger partial charge in [0, 0.05) is 31.5 Å². The zero-order valence-electron chi connectivity index (χ0n) is 14.6. The lowest BCUT2D eigenvalue weighted by atomic mass is 9.91. The van der Waals surface area contributed by atoms with E-state index in [-0.39, 0.29) is 0 Å². The Bertz CT molecular complexity index is 615. The van der Waals surface area contributed by atoms with Gasteiger partial charge in [0.15, 0.2) is 0 Å². The first-order valence-corrected chi connectivity index (χ1v) is 8.88. The maximum atomic E-state index is 4.67. The summed E-state index contributed by atoms with van der Waals surface area (Å²) >= 11 is 0. The molecule has 0 aliphatic carbocycles. The molecule has 0 unspecified atom stereocenters. The summed E-state index contributed by atoms with van der Waals surface area (Å²) in [4.78, 5) is 7.28. The van der Waals surface area contributed by atoms with E-state index >= 15 is 0 Å². The van der Waals surface area contributed by atoms with Crippen LogP contribution in [0.2, 0.25) is 0 Å². The van der Waals surface area contributed by atoms with Crippen LogP contribution < -0.4 is 0 Å². The van der Waals surface area contributed by atoms with Crippen molar-refractivity contribution in [3.63, 3.8) is 0 Å². The second-order valence-electron chi connectivity index (χ2n) is 6.88. The molecule has 0 amide bonds. The zero-order chi connectivity index (χ0) is 16.2. The number of likely N-dealkylation sites (tertiary alicyclic amines) is 1. The highest BCUT2D eigenvalue weighted by Crippen LogP contribution is 2.23. The Labute approximate surface area is 139 Å². The minimum atomic E-state index is 0.660. The van der Waals surface area contributed by atoms with E-state index in [2.05, 4.69) is 54.1 Å². The van der Waals surface area contributed by atoms with Crippen LogP contribution in [-0.4, -0.2) is 38.8 Å². The van der Waals surface area contributed by atoms with Crippen LogP contribution in [0.5, 0.6) is 0 Å². The third-order valence-corrected chi connectivity index (χ3v) is 4.91. The molecule has 0 N–H and O–H groups in total. The first-order valence-electron chi connectivity index (χ1n) is 8.88. The summed E-state index contributed by atoms with van der Waals surface area (Å²) in [5, 5.41) is 4.32. The van der Waals surface area contributed by atoms with Crippen LogP contribution >= 0.6 is 0 Å². The summed E-state index contributed by atoms with van der Waals surface area (Å²) in [6.45, 7) is 10.1. The molecule has 0 radical (unpaired) electrons. The first kappa shape index (κ1) is 16.2. The van der Waals surface area contributed by atoms with E-state index in [4.69, 9.17) is 0 Å².